The highest BCUT2D eigenvalue weighted by Crippen LogP contribution is 2.28. The average Bonchev–Trinajstić information content (AvgIpc) is 1.97. The number of alkyl halides is 2. The molecule has 4 heteroatoms. The molecule has 50 valence electrons. The van der Waals surface area contributed by atoms with E-state index >= 15 is 0 Å². The van der Waals surface area contributed by atoms with E-state index in [9.17, 15) is 18.4 Å². The van der Waals surface area contributed by atoms with Gasteiger partial charge >= 0.3 is 5.92 Å². The molecule has 0 bridgehead atoms. The van der Waals surface area contributed by atoms with Crippen molar-refractivity contribution in [3.8, 4) is 0 Å². The van der Waals surface area contributed by atoms with Crippen LogP contribution in [0.5, 0.6) is 0 Å². The summed E-state index contributed by atoms with van der Waals surface area (Å²) in [7, 11) is 0. The molecule has 0 aliphatic heterocycles. The highest BCUT2D eigenvalue weighted by Gasteiger charge is 2.48. The summed E-state index contributed by atoms with van der Waals surface area (Å²) < 4.78 is 24.0. The molecule has 1 aliphatic rings. The minimum atomic E-state index is -3.36. The van der Waals surface area contributed by atoms with Crippen molar-refractivity contribution in [2.45, 2.75) is 18.8 Å². The summed E-state index contributed by atoms with van der Waals surface area (Å²) in [5, 5.41) is 0. The fourth-order valence-electron chi connectivity index (χ4n) is 0.702. The van der Waals surface area contributed by atoms with Crippen LogP contribution in [-0.2, 0) is 9.59 Å². The maximum absolute atomic E-state index is 12.0. The Morgan fingerprint density at radius 3 is 2.00 bits per heavy atom. The standard InChI is InChI=1S/C5H4F2O2/c6-5(7)2-1-3(8)4(5)9/h1-2H2. The Hall–Kier alpha value is -0.800. The average molecular weight is 134 g/mol. The van der Waals surface area contributed by atoms with Crippen LogP contribution in [0.4, 0.5) is 8.78 Å². The van der Waals surface area contributed by atoms with E-state index in [2.05, 4.69) is 0 Å². The van der Waals surface area contributed by atoms with Crippen LogP contribution >= 0.6 is 0 Å². The lowest BCUT2D eigenvalue weighted by atomic mass is 10.3. The van der Waals surface area contributed by atoms with Crippen molar-refractivity contribution in [3.05, 3.63) is 0 Å². The topological polar surface area (TPSA) is 34.1 Å². The minimum Gasteiger partial charge on any atom is -0.291 e. The second-order valence-corrected chi connectivity index (χ2v) is 1.96. The van der Waals surface area contributed by atoms with Crippen molar-refractivity contribution in [3.63, 3.8) is 0 Å². The smallest absolute Gasteiger partial charge is 0.291 e. The maximum atomic E-state index is 12.0. The largest absolute Gasteiger partial charge is 0.313 e. The lowest BCUT2D eigenvalue weighted by Gasteiger charge is -2.00. The van der Waals surface area contributed by atoms with Gasteiger partial charge in [-0.2, -0.15) is 8.78 Å². The van der Waals surface area contributed by atoms with E-state index in [-0.39, 0.29) is 6.42 Å². The monoisotopic (exact) mass is 134 g/mol. The van der Waals surface area contributed by atoms with E-state index < -0.39 is 23.9 Å². The molecule has 0 aromatic heterocycles. The zero-order valence-electron chi connectivity index (χ0n) is 4.49. The fourth-order valence-corrected chi connectivity index (χ4v) is 0.702. The third kappa shape index (κ3) is 0.843. The van der Waals surface area contributed by atoms with E-state index in [0.717, 1.165) is 0 Å². The zero-order chi connectivity index (χ0) is 7.07. The van der Waals surface area contributed by atoms with Crippen molar-refractivity contribution in [2.24, 2.45) is 0 Å². The number of hydrogen-bond acceptors (Lipinski definition) is 2. The first-order valence-corrected chi connectivity index (χ1v) is 2.49. The Morgan fingerprint density at radius 1 is 1.33 bits per heavy atom. The van der Waals surface area contributed by atoms with Crippen LogP contribution < -0.4 is 0 Å². The molecule has 0 aromatic rings. The molecule has 0 spiro atoms. The van der Waals surface area contributed by atoms with Crippen molar-refractivity contribution in [1.29, 1.82) is 0 Å². The number of hydrogen-bond donors (Lipinski definition) is 0. The van der Waals surface area contributed by atoms with Gasteiger partial charge in [0.25, 0.3) is 5.78 Å². The molecule has 0 saturated heterocycles. The number of rotatable bonds is 0. The van der Waals surface area contributed by atoms with Crippen LogP contribution in [0.25, 0.3) is 0 Å². The second kappa shape index (κ2) is 1.59. The molecule has 0 atom stereocenters. The molecule has 2 nitrogen and oxygen atoms in total. The number of ketones is 2. The van der Waals surface area contributed by atoms with Gasteiger partial charge < -0.3 is 0 Å². The second-order valence-electron chi connectivity index (χ2n) is 1.96. The van der Waals surface area contributed by atoms with Crippen LogP contribution in [0.1, 0.15) is 12.8 Å². The van der Waals surface area contributed by atoms with Gasteiger partial charge in [0.15, 0.2) is 0 Å². The van der Waals surface area contributed by atoms with E-state index in [0.29, 0.717) is 0 Å². The van der Waals surface area contributed by atoms with Gasteiger partial charge in [-0.25, -0.2) is 0 Å². The third-order valence-corrected chi connectivity index (χ3v) is 1.25. The predicted molar refractivity (Wildman–Crippen MR) is 24.2 cm³/mol. The normalized spacial score (nSPS) is 25.1. The van der Waals surface area contributed by atoms with Gasteiger partial charge in [-0.1, -0.05) is 0 Å². The molecule has 9 heavy (non-hydrogen) atoms. The molecule has 1 aliphatic carbocycles. The number of Topliss-reactive ketones (excluding diaryl/α,β-unsaturated/α-hetero) is 2. The van der Waals surface area contributed by atoms with Gasteiger partial charge in [0.2, 0.25) is 5.78 Å². The Balaban J connectivity index is 2.86. The Morgan fingerprint density at radius 2 is 1.89 bits per heavy atom. The molecule has 0 aromatic carbocycles. The van der Waals surface area contributed by atoms with E-state index in [1.165, 1.54) is 0 Å². The van der Waals surface area contributed by atoms with Crippen molar-refractivity contribution >= 4 is 11.6 Å². The molecule has 1 saturated carbocycles. The van der Waals surface area contributed by atoms with E-state index in [1.54, 1.807) is 0 Å². The minimum absolute atomic E-state index is 0.300. The summed E-state index contributed by atoms with van der Waals surface area (Å²) in [5.41, 5.74) is 0. The third-order valence-electron chi connectivity index (χ3n) is 1.25. The van der Waals surface area contributed by atoms with Gasteiger partial charge in [0, 0.05) is 12.8 Å². The quantitative estimate of drug-likeness (QED) is 0.453. The van der Waals surface area contributed by atoms with Gasteiger partial charge in [-0.05, 0) is 0 Å². The van der Waals surface area contributed by atoms with E-state index in [4.69, 9.17) is 0 Å². The van der Waals surface area contributed by atoms with Crippen LogP contribution in [0.2, 0.25) is 0 Å². The molecule has 0 heterocycles. The van der Waals surface area contributed by atoms with Gasteiger partial charge in [-0.3, -0.25) is 9.59 Å². The van der Waals surface area contributed by atoms with Crippen LogP contribution in [0.15, 0.2) is 0 Å². The lowest BCUT2D eigenvalue weighted by molar-refractivity contribution is -0.146. The molecule has 0 amide bonds. The van der Waals surface area contributed by atoms with Gasteiger partial charge in [-0.15, -0.1) is 0 Å². The van der Waals surface area contributed by atoms with Gasteiger partial charge in [0.1, 0.15) is 0 Å². The molecule has 0 N–H and O–H groups in total. The molecular formula is C5H4F2O2. The molecule has 0 radical (unpaired) electrons. The summed E-state index contributed by atoms with van der Waals surface area (Å²) in [4.78, 5) is 20.3. The highest BCUT2D eigenvalue weighted by atomic mass is 19.3. The van der Waals surface area contributed by atoms with Crippen LogP contribution in [0, 0.1) is 0 Å². The van der Waals surface area contributed by atoms with Crippen molar-refractivity contribution in [2.75, 3.05) is 0 Å². The van der Waals surface area contributed by atoms with Gasteiger partial charge in [0.05, 0.1) is 0 Å². The Labute approximate surface area is 49.8 Å². The number of carbonyl (C=O) groups excluding carboxylic acids is 2. The Bertz CT molecular complexity index is 174. The summed E-state index contributed by atoms with van der Waals surface area (Å²) in [6.07, 6.45) is -0.906. The summed E-state index contributed by atoms with van der Waals surface area (Å²) in [5.74, 6) is -5.83. The first-order chi connectivity index (χ1) is 4.04. The number of carbonyl (C=O) groups is 2. The van der Waals surface area contributed by atoms with Crippen LogP contribution in [-0.4, -0.2) is 17.5 Å². The molecule has 1 rings (SSSR count). The molecule has 1 fully saturated rings. The fraction of sp³-hybridized carbons (Fsp3) is 0.600. The van der Waals surface area contributed by atoms with Crippen molar-refractivity contribution in [1.82, 2.24) is 0 Å². The van der Waals surface area contributed by atoms with Crippen molar-refractivity contribution < 1.29 is 18.4 Å². The first-order valence-electron chi connectivity index (χ1n) is 2.49. The lowest BCUT2D eigenvalue weighted by Crippen LogP contribution is -2.25. The van der Waals surface area contributed by atoms with Crippen LogP contribution in [0.3, 0.4) is 0 Å². The molecule has 0 unspecified atom stereocenters. The summed E-state index contributed by atoms with van der Waals surface area (Å²) in [6.45, 7) is 0. The Kier molecular flexibility index (Phi) is 1.12. The molecular weight excluding hydrogens is 130 g/mol. The van der Waals surface area contributed by atoms with E-state index in [1.807, 2.05) is 0 Å². The predicted octanol–water partition coefficient (Wildman–Crippen LogP) is 0.554. The zero-order valence-corrected chi connectivity index (χ0v) is 4.49. The first kappa shape index (κ1) is 6.32. The number of halogens is 2. The highest BCUT2D eigenvalue weighted by molar-refractivity contribution is 6.41. The summed E-state index contributed by atoms with van der Waals surface area (Å²) in [6, 6.07) is 0. The summed E-state index contributed by atoms with van der Waals surface area (Å²) >= 11 is 0. The maximum Gasteiger partial charge on any atom is 0.313 e. The SMILES string of the molecule is O=C1CCC(F)(F)C1=O.